The van der Waals surface area contributed by atoms with E-state index in [1.54, 1.807) is 23.1 Å². The molecule has 84 valence electrons. The summed E-state index contributed by atoms with van der Waals surface area (Å²) in [4.78, 5) is 16.9. The molecule has 0 atom stereocenters. The molecule has 16 heavy (non-hydrogen) atoms. The first-order valence-corrected chi connectivity index (χ1v) is 6.17. The van der Waals surface area contributed by atoms with Crippen molar-refractivity contribution in [3.8, 4) is 0 Å². The number of nitrogens with zero attached hydrogens (tertiary/aromatic N) is 2. The van der Waals surface area contributed by atoms with Crippen molar-refractivity contribution in [3.63, 3.8) is 0 Å². The van der Waals surface area contributed by atoms with E-state index in [4.69, 9.17) is 4.74 Å². The maximum atomic E-state index is 11.6. The Balaban J connectivity index is 2.45. The molecule has 0 unspecified atom stereocenters. The highest BCUT2D eigenvalue weighted by atomic mass is 32.2. The molecule has 0 saturated carbocycles. The van der Waals surface area contributed by atoms with E-state index in [0.717, 1.165) is 10.5 Å². The minimum Gasteiger partial charge on any atom is -0.461 e. The molecule has 0 aromatic carbocycles. The highest BCUT2D eigenvalue weighted by Crippen LogP contribution is 2.17. The molecule has 0 aliphatic rings. The normalized spacial score (nSPS) is 10.6. The van der Waals surface area contributed by atoms with Gasteiger partial charge in [-0.3, -0.25) is 4.40 Å². The van der Waals surface area contributed by atoms with Crippen molar-refractivity contribution in [1.82, 2.24) is 9.38 Å². The monoisotopic (exact) mass is 236 g/mol. The topological polar surface area (TPSA) is 43.6 Å². The number of pyridine rings is 1. The molecule has 0 aliphatic heterocycles. The number of imidazole rings is 1. The number of hydrogen-bond donors (Lipinski definition) is 0. The molecule has 0 saturated heterocycles. The quantitative estimate of drug-likeness (QED) is 0.605. The van der Waals surface area contributed by atoms with Crippen molar-refractivity contribution in [2.75, 3.05) is 12.9 Å². The zero-order valence-electron chi connectivity index (χ0n) is 9.14. The van der Waals surface area contributed by atoms with Crippen LogP contribution in [0.5, 0.6) is 0 Å². The van der Waals surface area contributed by atoms with Crippen molar-refractivity contribution in [1.29, 1.82) is 0 Å². The second kappa shape index (κ2) is 4.57. The number of carbonyl (C=O) groups is 1. The molecule has 5 heteroatoms. The molecular weight excluding hydrogens is 224 g/mol. The molecule has 2 rings (SSSR count). The van der Waals surface area contributed by atoms with Crippen LogP contribution in [-0.2, 0) is 4.74 Å². The summed E-state index contributed by atoms with van der Waals surface area (Å²) in [5.74, 6) is -0.341. The third-order valence-corrected chi connectivity index (χ3v) is 2.93. The standard InChI is InChI=1S/C11H12N2O2S/c1-3-15-11(14)9-7-12-10-6-8(16-2)4-5-13(9)10/h4-7H,3H2,1-2H3. The van der Waals surface area contributed by atoms with Crippen LogP contribution in [0, 0.1) is 0 Å². The van der Waals surface area contributed by atoms with Crippen LogP contribution in [0.1, 0.15) is 17.4 Å². The van der Waals surface area contributed by atoms with Crippen molar-refractivity contribution < 1.29 is 9.53 Å². The summed E-state index contributed by atoms with van der Waals surface area (Å²) in [7, 11) is 0. The van der Waals surface area contributed by atoms with Gasteiger partial charge in [-0.05, 0) is 25.3 Å². The molecule has 0 N–H and O–H groups in total. The van der Waals surface area contributed by atoms with Crippen LogP contribution in [0.2, 0.25) is 0 Å². The Morgan fingerprint density at radius 2 is 2.44 bits per heavy atom. The van der Waals surface area contributed by atoms with E-state index in [-0.39, 0.29) is 5.97 Å². The van der Waals surface area contributed by atoms with Gasteiger partial charge in [-0.15, -0.1) is 11.8 Å². The molecular formula is C11H12N2O2S. The van der Waals surface area contributed by atoms with Gasteiger partial charge < -0.3 is 4.74 Å². The Morgan fingerprint density at radius 1 is 1.62 bits per heavy atom. The Labute approximate surface area is 97.6 Å². The van der Waals surface area contributed by atoms with Crippen molar-refractivity contribution in [3.05, 3.63) is 30.2 Å². The largest absolute Gasteiger partial charge is 0.461 e. The van der Waals surface area contributed by atoms with E-state index in [1.807, 2.05) is 24.6 Å². The van der Waals surface area contributed by atoms with Gasteiger partial charge in [-0.1, -0.05) is 0 Å². The van der Waals surface area contributed by atoms with Gasteiger partial charge in [-0.25, -0.2) is 9.78 Å². The Morgan fingerprint density at radius 3 is 3.12 bits per heavy atom. The number of carbonyl (C=O) groups excluding carboxylic acids is 1. The Bertz CT molecular complexity index is 522. The number of thioether (sulfide) groups is 1. The van der Waals surface area contributed by atoms with E-state index in [9.17, 15) is 4.79 Å². The van der Waals surface area contributed by atoms with Crippen LogP contribution in [0.4, 0.5) is 0 Å². The van der Waals surface area contributed by atoms with Crippen LogP contribution >= 0.6 is 11.8 Å². The first-order chi connectivity index (χ1) is 7.76. The predicted octanol–water partition coefficient (Wildman–Crippen LogP) is 2.23. The number of hydrogen-bond acceptors (Lipinski definition) is 4. The Kier molecular flexibility index (Phi) is 3.14. The van der Waals surface area contributed by atoms with Gasteiger partial charge in [0.2, 0.25) is 0 Å². The summed E-state index contributed by atoms with van der Waals surface area (Å²) in [6.07, 6.45) is 5.37. The molecule has 0 aliphatic carbocycles. The number of rotatable bonds is 3. The van der Waals surface area contributed by atoms with Gasteiger partial charge in [0.1, 0.15) is 5.65 Å². The highest BCUT2D eigenvalue weighted by molar-refractivity contribution is 7.98. The third-order valence-electron chi connectivity index (χ3n) is 2.20. The lowest BCUT2D eigenvalue weighted by Gasteiger charge is -2.02. The summed E-state index contributed by atoms with van der Waals surface area (Å²) in [6.45, 7) is 2.15. The van der Waals surface area contributed by atoms with Crippen LogP contribution < -0.4 is 0 Å². The van der Waals surface area contributed by atoms with Gasteiger partial charge in [0.15, 0.2) is 5.69 Å². The highest BCUT2D eigenvalue weighted by Gasteiger charge is 2.12. The third kappa shape index (κ3) is 1.90. The minimum absolute atomic E-state index is 0.341. The van der Waals surface area contributed by atoms with Crippen molar-refractivity contribution >= 4 is 23.4 Å². The second-order valence-electron chi connectivity index (χ2n) is 3.16. The molecule has 0 spiro atoms. The van der Waals surface area contributed by atoms with E-state index < -0.39 is 0 Å². The zero-order chi connectivity index (χ0) is 11.5. The number of ether oxygens (including phenoxy) is 1. The minimum atomic E-state index is -0.341. The smallest absolute Gasteiger partial charge is 0.356 e. The van der Waals surface area contributed by atoms with E-state index >= 15 is 0 Å². The number of fused-ring (bicyclic) bond motifs is 1. The maximum absolute atomic E-state index is 11.6. The fourth-order valence-corrected chi connectivity index (χ4v) is 1.87. The van der Waals surface area contributed by atoms with E-state index in [0.29, 0.717) is 12.3 Å². The summed E-state index contributed by atoms with van der Waals surface area (Å²) in [5, 5.41) is 0. The number of aromatic nitrogens is 2. The van der Waals surface area contributed by atoms with Crippen LogP contribution in [0.15, 0.2) is 29.4 Å². The van der Waals surface area contributed by atoms with Crippen molar-refractivity contribution in [2.45, 2.75) is 11.8 Å². The second-order valence-corrected chi connectivity index (χ2v) is 4.04. The first-order valence-electron chi connectivity index (χ1n) is 4.94. The van der Waals surface area contributed by atoms with E-state index in [1.165, 1.54) is 6.20 Å². The average Bonchev–Trinajstić information content (AvgIpc) is 2.71. The molecule has 4 nitrogen and oxygen atoms in total. The summed E-state index contributed by atoms with van der Waals surface area (Å²) in [6, 6.07) is 3.88. The molecule has 0 fully saturated rings. The summed E-state index contributed by atoms with van der Waals surface area (Å²) >= 11 is 1.64. The fraction of sp³-hybridized carbons (Fsp3) is 0.273. The molecule has 0 radical (unpaired) electrons. The molecule has 0 bridgehead atoms. The predicted molar refractivity (Wildman–Crippen MR) is 62.9 cm³/mol. The maximum Gasteiger partial charge on any atom is 0.356 e. The fourth-order valence-electron chi connectivity index (χ4n) is 1.44. The first kappa shape index (κ1) is 11.0. The lowest BCUT2D eigenvalue weighted by Crippen LogP contribution is -2.07. The molecule has 2 aromatic heterocycles. The molecule has 2 heterocycles. The summed E-state index contributed by atoms with van der Waals surface area (Å²) < 4.78 is 6.68. The summed E-state index contributed by atoms with van der Waals surface area (Å²) in [5.41, 5.74) is 1.22. The SMILES string of the molecule is CCOC(=O)c1cnc2cc(SC)ccn12. The lowest BCUT2D eigenvalue weighted by molar-refractivity contribution is 0.0518. The molecule has 0 amide bonds. The van der Waals surface area contributed by atoms with E-state index in [2.05, 4.69) is 4.98 Å². The van der Waals surface area contributed by atoms with Crippen LogP contribution in [-0.4, -0.2) is 28.2 Å². The van der Waals surface area contributed by atoms with Gasteiger partial charge >= 0.3 is 5.97 Å². The van der Waals surface area contributed by atoms with Gasteiger partial charge in [0.05, 0.1) is 12.8 Å². The lowest BCUT2D eigenvalue weighted by atomic mass is 10.4. The molecule has 2 aromatic rings. The van der Waals surface area contributed by atoms with Crippen molar-refractivity contribution in [2.24, 2.45) is 0 Å². The van der Waals surface area contributed by atoms with Crippen LogP contribution in [0.3, 0.4) is 0 Å². The zero-order valence-corrected chi connectivity index (χ0v) is 9.95. The van der Waals surface area contributed by atoms with Gasteiger partial charge in [-0.2, -0.15) is 0 Å². The van der Waals surface area contributed by atoms with Gasteiger partial charge in [0, 0.05) is 11.1 Å². The Hall–Kier alpha value is -1.49. The number of esters is 1. The average molecular weight is 236 g/mol. The van der Waals surface area contributed by atoms with Crippen LogP contribution in [0.25, 0.3) is 5.65 Å². The van der Waals surface area contributed by atoms with Gasteiger partial charge in [0.25, 0.3) is 0 Å².